The zero-order chi connectivity index (χ0) is 10.9. The SMILES string of the molecule is CN(C)C(=O)c1ccc(C(F)(F)F)s1. The van der Waals surface area contributed by atoms with Gasteiger partial charge in [-0.05, 0) is 12.1 Å². The number of amides is 1. The van der Waals surface area contributed by atoms with E-state index in [4.69, 9.17) is 0 Å². The van der Waals surface area contributed by atoms with Gasteiger partial charge in [-0.1, -0.05) is 0 Å². The van der Waals surface area contributed by atoms with Crippen LogP contribution in [0.1, 0.15) is 14.5 Å². The predicted octanol–water partition coefficient (Wildman–Crippen LogP) is 2.47. The van der Waals surface area contributed by atoms with Crippen LogP contribution < -0.4 is 0 Å². The molecule has 78 valence electrons. The number of nitrogens with zero attached hydrogens (tertiary/aromatic N) is 1. The Hall–Kier alpha value is -1.04. The zero-order valence-electron chi connectivity index (χ0n) is 7.55. The van der Waals surface area contributed by atoms with Gasteiger partial charge in [0.2, 0.25) is 0 Å². The third-order valence-corrected chi connectivity index (χ3v) is 2.62. The second kappa shape index (κ2) is 3.61. The Balaban J connectivity index is 2.95. The average molecular weight is 223 g/mol. The predicted molar refractivity (Wildman–Crippen MR) is 47.3 cm³/mol. The molecular weight excluding hydrogens is 215 g/mol. The van der Waals surface area contributed by atoms with E-state index in [0.29, 0.717) is 11.3 Å². The Morgan fingerprint density at radius 2 is 1.93 bits per heavy atom. The second-order valence-electron chi connectivity index (χ2n) is 2.86. The lowest BCUT2D eigenvalue weighted by molar-refractivity contribution is -0.134. The van der Waals surface area contributed by atoms with E-state index in [0.717, 1.165) is 6.07 Å². The monoisotopic (exact) mass is 223 g/mol. The van der Waals surface area contributed by atoms with E-state index in [-0.39, 0.29) is 4.88 Å². The van der Waals surface area contributed by atoms with E-state index in [9.17, 15) is 18.0 Å². The fourth-order valence-corrected chi connectivity index (χ4v) is 1.72. The highest BCUT2D eigenvalue weighted by atomic mass is 32.1. The zero-order valence-corrected chi connectivity index (χ0v) is 8.37. The normalized spacial score (nSPS) is 11.5. The van der Waals surface area contributed by atoms with Gasteiger partial charge in [-0.25, -0.2) is 0 Å². The first-order valence-electron chi connectivity index (χ1n) is 3.71. The van der Waals surface area contributed by atoms with Crippen molar-refractivity contribution in [3.05, 3.63) is 21.9 Å². The Kier molecular flexibility index (Phi) is 2.84. The first kappa shape index (κ1) is 11.0. The van der Waals surface area contributed by atoms with E-state index in [1.165, 1.54) is 25.1 Å². The van der Waals surface area contributed by atoms with Crippen molar-refractivity contribution in [2.24, 2.45) is 0 Å². The molecule has 2 nitrogen and oxygen atoms in total. The number of alkyl halides is 3. The lowest BCUT2D eigenvalue weighted by Gasteiger charge is -2.07. The van der Waals surface area contributed by atoms with E-state index in [1.54, 1.807) is 0 Å². The molecule has 1 amide bonds. The van der Waals surface area contributed by atoms with Crippen LogP contribution in [0.2, 0.25) is 0 Å². The molecule has 6 heteroatoms. The number of hydrogen-bond donors (Lipinski definition) is 0. The summed E-state index contributed by atoms with van der Waals surface area (Å²) in [4.78, 5) is 11.8. The maximum absolute atomic E-state index is 12.2. The molecule has 0 aromatic carbocycles. The first-order valence-corrected chi connectivity index (χ1v) is 4.52. The van der Waals surface area contributed by atoms with Crippen LogP contribution in [0.25, 0.3) is 0 Å². The van der Waals surface area contributed by atoms with Gasteiger partial charge in [-0.3, -0.25) is 4.79 Å². The molecule has 1 rings (SSSR count). The van der Waals surface area contributed by atoms with Crippen molar-refractivity contribution >= 4 is 17.2 Å². The van der Waals surface area contributed by atoms with Gasteiger partial charge in [0, 0.05) is 14.1 Å². The molecule has 0 spiro atoms. The maximum Gasteiger partial charge on any atom is 0.425 e. The minimum atomic E-state index is -4.37. The summed E-state index contributed by atoms with van der Waals surface area (Å²) in [7, 11) is 2.99. The standard InChI is InChI=1S/C8H8F3NOS/c1-12(2)7(13)5-3-4-6(14-5)8(9,10)11/h3-4H,1-2H3. The molecule has 1 aromatic heterocycles. The fourth-order valence-electron chi connectivity index (χ4n) is 0.826. The quantitative estimate of drug-likeness (QED) is 0.716. The van der Waals surface area contributed by atoms with Gasteiger partial charge in [0.05, 0.1) is 4.88 Å². The van der Waals surface area contributed by atoms with Crippen molar-refractivity contribution in [1.29, 1.82) is 0 Å². The number of hydrogen-bond acceptors (Lipinski definition) is 2. The Labute approximate surface area is 82.9 Å². The summed E-state index contributed by atoms with van der Waals surface area (Å²) in [6.07, 6.45) is -4.37. The number of rotatable bonds is 1. The van der Waals surface area contributed by atoms with Crippen molar-refractivity contribution in [2.75, 3.05) is 14.1 Å². The van der Waals surface area contributed by atoms with Gasteiger partial charge in [0.1, 0.15) is 4.88 Å². The molecule has 0 fully saturated rings. The summed E-state index contributed by atoms with van der Waals surface area (Å²) in [5.74, 6) is -0.412. The van der Waals surface area contributed by atoms with Gasteiger partial charge in [0.15, 0.2) is 0 Å². The molecule has 0 aliphatic heterocycles. The highest BCUT2D eigenvalue weighted by molar-refractivity contribution is 7.14. The van der Waals surface area contributed by atoms with Gasteiger partial charge in [0.25, 0.3) is 5.91 Å². The molecule has 1 aromatic rings. The molecule has 0 aliphatic carbocycles. The van der Waals surface area contributed by atoms with Crippen LogP contribution in [0.15, 0.2) is 12.1 Å². The van der Waals surface area contributed by atoms with Crippen molar-refractivity contribution in [2.45, 2.75) is 6.18 Å². The number of carbonyl (C=O) groups excluding carboxylic acids is 1. The number of halogens is 3. The van der Waals surface area contributed by atoms with Crippen LogP contribution >= 0.6 is 11.3 Å². The second-order valence-corrected chi connectivity index (χ2v) is 3.95. The van der Waals surface area contributed by atoms with E-state index >= 15 is 0 Å². The van der Waals surface area contributed by atoms with E-state index in [1.807, 2.05) is 0 Å². The minimum Gasteiger partial charge on any atom is -0.344 e. The Morgan fingerprint density at radius 3 is 2.29 bits per heavy atom. The van der Waals surface area contributed by atoms with Crippen LogP contribution in [0.3, 0.4) is 0 Å². The van der Waals surface area contributed by atoms with Crippen molar-refractivity contribution in [1.82, 2.24) is 4.90 Å². The molecule has 14 heavy (non-hydrogen) atoms. The molecule has 0 bridgehead atoms. The number of thiophene rings is 1. The Bertz CT molecular complexity index is 343. The molecule has 0 saturated heterocycles. The highest BCUT2D eigenvalue weighted by Crippen LogP contribution is 2.34. The molecule has 0 saturated carbocycles. The largest absolute Gasteiger partial charge is 0.425 e. The number of carbonyl (C=O) groups is 1. The molecule has 1 heterocycles. The van der Waals surface area contributed by atoms with Gasteiger partial charge < -0.3 is 4.90 Å². The summed E-state index contributed by atoms with van der Waals surface area (Å²) in [6, 6.07) is 2.11. The first-order chi connectivity index (χ1) is 6.32. The third kappa shape index (κ3) is 2.25. The maximum atomic E-state index is 12.2. The summed E-state index contributed by atoms with van der Waals surface area (Å²) in [5.41, 5.74) is 0. The van der Waals surface area contributed by atoms with Crippen LogP contribution in [-0.2, 0) is 6.18 Å². The molecule has 0 unspecified atom stereocenters. The molecule has 0 aliphatic rings. The smallest absolute Gasteiger partial charge is 0.344 e. The third-order valence-electron chi connectivity index (χ3n) is 1.50. The van der Waals surface area contributed by atoms with Gasteiger partial charge in [-0.2, -0.15) is 13.2 Å². The van der Waals surface area contributed by atoms with Crippen LogP contribution in [0.5, 0.6) is 0 Å². The molecule has 0 N–H and O–H groups in total. The fraction of sp³-hybridized carbons (Fsp3) is 0.375. The minimum absolute atomic E-state index is 0.0994. The topological polar surface area (TPSA) is 20.3 Å². The van der Waals surface area contributed by atoms with E-state index < -0.39 is 17.0 Å². The molecular formula is C8H8F3NOS. The van der Waals surface area contributed by atoms with Crippen LogP contribution in [0.4, 0.5) is 13.2 Å². The van der Waals surface area contributed by atoms with Gasteiger partial charge in [-0.15, -0.1) is 11.3 Å². The van der Waals surface area contributed by atoms with Crippen molar-refractivity contribution in [3.63, 3.8) is 0 Å². The van der Waals surface area contributed by atoms with Crippen molar-refractivity contribution in [3.8, 4) is 0 Å². The molecule has 0 atom stereocenters. The van der Waals surface area contributed by atoms with Crippen LogP contribution in [0, 0.1) is 0 Å². The summed E-state index contributed by atoms with van der Waals surface area (Å²) < 4.78 is 36.5. The Morgan fingerprint density at radius 1 is 1.36 bits per heavy atom. The van der Waals surface area contributed by atoms with E-state index in [2.05, 4.69) is 0 Å². The average Bonchev–Trinajstić information content (AvgIpc) is 2.49. The lowest BCUT2D eigenvalue weighted by atomic mass is 10.4. The van der Waals surface area contributed by atoms with Crippen LogP contribution in [-0.4, -0.2) is 24.9 Å². The summed E-state index contributed by atoms with van der Waals surface area (Å²) in [6.45, 7) is 0. The summed E-state index contributed by atoms with van der Waals surface area (Å²) >= 11 is 0.460. The highest BCUT2D eigenvalue weighted by Gasteiger charge is 2.33. The lowest BCUT2D eigenvalue weighted by Crippen LogP contribution is -2.20. The summed E-state index contributed by atoms with van der Waals surface area (Å²) in [5, 5.41) is 0. The molecule has 0 radical (unpaired) electrons. The van der Waals surface area contributed by atoms with Gasteiger partial charge >= 0.3 is 6.18 Å². The van der Waals surface area contributed by atoms with Crippen molar-refractivity contribution < 1.29 is 18.0 Å².